The molecular formula is C7H10N4OS2. The summed E-state index contributed by atoms with van der Waals surface area (Å²) in [5, 5.41) is 8.05. The molecule has 0 spiro atoms. The van der Waals surface area contributed by atoms with E-state index in [1.165, 1.54) is 23.1 Å². The zero-order chi connectivity index (χ0) is 9.97. The Balaban J connectivity index is 1.85. The highest BCUT2D eigenvalue weighted by Gasteiger charge is 2.20. The van der Waals surface area contributed by atoms with Crippen molar-refractivity contribution in [1.29, 1.82) is 0 Å². The molecule has 2 N–H and O–H groups in total. The number of amides is 1. The van der Waals surface area contributed by atoms with E-state index in [2.05, 4.69) is 10.2 Å². The molecule has 76 valence electrons. The summed E-state index contributed by atoms with van der Waals surface area (Å²) in [4.78, 5) is 13.1. The fourth-order valence-electron chi connectivity index (χ4n) is 1.25. The summed E-state index contributed by atoms with van der Waals surface area (Å²) in [5.41, 5.74) is 5.44. The van der Waals surface area contributed by atoms with Gasteiger partial charge in [-0.25, -0.2) is 0 Å². The van der Waals surface area contributed by atoms with Crippen LogP contribution in [0.15, 0.2) is 4.34 Å². The van der Waals surface area contributed by atoms with E-state index in [0.717, 1.165) is 17.3 Å². The van der Waals surface area contributed by atoms with E-state index in [1.54, 1.807) is 0 Å². The van der Waals surface area contributed by atoms with Gasteiger partial charge in [-0.05, 0) is 6.42 Å². The summed E-state index contributed by atoms with van der Waals surface area (Å²) >= 11 is 2.87. The van der Waals surface area contributed by atoms with Crippen LogP contribution in [0.3, 0.4) is 0 Å². The first-order valence-corrected chi connectivity index (χ1v) is 6.05. The van der Waals surface area contributed by atoms with Crippen molar-refractivity contribution in [3.63, 3.8) is 0 Å². The first-order valence-electron chi connectivity index (χ1n) is 4.25. The number of nitrogens with two attached hydrogens (primary N) is 1. The molecule has 7 heteroatoms. The lowest BCUT2D eigenvalue weighted by Crippen LogP contribution is -2.23. The molecule has 0 radical (unpaired) electrons. The maximum absolute atomic E-state index is 11.3. The fourth-order valence-corrected chi connectivity index (χ4v) is 2.88. The van der Waals surface area contributed by atoms with Gasteiger partial charge in [0.05, 0.1) is 5.88 Å². The van der Waals surface area contributed by atoms with Gasteiger partial charge in [0, 0.05) is 13.0 Å². The normalized spacial score (nSPS) is 16.6. The number of aromatic nitrogens is 2. The summed E-state index contributed by atoms with van der Waals surface area (Å²) in [6.07, 6.45) is 1.65. The number of nitrogens with zero attached hydrogens (tertiary/aromatic N) is 3. The van der Waals surface area contributed by atoms with Gasteiger partial charge in [0.25, 0.3) is 0 Å². The molecule has 1 aliphatic heterocycles. The summed E-state index contributed by atoms with van der Waals surface area (Å²) in [7, 11) is 0. The Hall–Kier alpha value is -0.820. The third kappa shape index (κ3) is 2.16. The fraction of sp³-hybridized carbons (Fsp3) is 0.571. The van der Waals surface area contributed by atoms with Gasteiger partial charge in [0.15, 0.2) is 4.34 Å². The van der Waals surface area contributed by atoms with Crippen molar-refractivity contribution in [2.24, 2.45) is 0 Å². The Kier molecular flexibility index (Phi) is 2.87. The van der Waals surface area contributed by atoms with E-state index in [1.807, 2.05) is 4.90 Å². The van der Waals surface area contributed by atoms with E-state index in [0.29, 0.717) is 17.4 Å². The molecule has 14 heavy (non-hydrogen) atoms. The quantitative estimate of drug-likeness (QED) is 0.777. The largest absolute Gasteiger partial charge is 0.374 e. The van der Waals surface area contributed by atoms with Crippen molar-refractivity contribution in [3.8, 4) is 0 Å². The molecule has 5 nitrogen and oxygen atoms in total. The maximum Gasteiger partial charge on any atom is 0.223 e. The summed E-state index contributed by atoms with van der Waals surface area (Å²) in [6.45, 7) is 0.861. The number of anilines is 1. The Morgan fingerprint density at radius 1 is 1.57 bits per heavy atom. The molecule has 0 unspecified atom stereocenters. The number of likely N-dealkylation sites (tertiary alicyclic amines) is 1. The van der Waals surface area contributed by atoms with Gasteiger partial charge < -0.3 is 10.6 Å². The van der Waals surface area contributed by atoms with Crippen molar-refractivity contribution >= 4 is 34.1 Å². The van der Waals surface area contributed by atoms with Gasteiger partial charge in [-0.3, -0.25) is 4.79 Å². The molecule has 0 saturated carbocycles. The lowest BCUT2D eigenvalue weighted by molar-refractivity contribution is -0.126. The van der Waals surface area contributed by atoms with Crippen molar-refractivity contribution in [3.05, 3.63) is 0 Å². The monoisotopic (exact) mass is 230 g/mol. The minimum atomic E-state index is 0.231. The number of rotatable bonds is 3. The van der Waals surface area contributed by atoms with Crippen LogP contribution in [-0.2, 0) is 4.79 Å². The molecule has 2 rings (SSSR count). The highest BCUT2D eigenvalue weighted by Crippen LogP contribution is 2.25. The third-order valence-electron chi connectivity index (χ3n) is 1.94. The number of carbonyl (C=O) groups excluding carboxylic acids is 1. The predicted molar refractivity (Wildman–Crippen MR) is 56.0 cm³/mol. The van der Waals surface area contributed by atoms with Crippen LogP contribution in [0, 0.1) is 0 Å². The minimum absolute atomic E-state index is 0.231. The molecule has 2 heterocycles. The zero-order valence-corrected chi connectivity index (χ0v) is 9.11. The van der Waals surface area contributed by atoms with Gasteiger partial charge >= 0.3 is 0 Å². The van der Waals surface area contributed by atoms with E-state index in [-0.39, 0.29) is 5.91 Å². The van der Waals surface area contributed by atoms with Gasteiger partial charge in [0.2, 0.25) is 11.0 Å². The zero-order valence-electron chi connectivity index (χ0n) is 7.47. The van der Waals surface area contributed by atoms with E-state index in [9.17, 15) is 4.79 Å². The Morgan fingerprint density at radius 2 is 2.43 bits per heavy atom. The molecule has 1 amide bonds. The Labute approximate surface area is 89.7 Å². The summed E-state index contributed by atoms with van der Waals surface area (Å²) < 4.78 is 0.821. The second kappa shape index (κ2) is 4.14. The molecule has 1 aliphatic rings. The van der Waals surface area contributed by atoms with Crippen LogP contribution in [0.25, 0.3) is 0 Å². The van der Waals surface area contributed by atoms with Gasteiger partial charge in [-0.15, -0.1) is 10.2 Å². The van der Waals surface area contributed by atoms with Crippen LogP contribution in [-0.4, -0.2) is 33.4 Å². The number of hydrogen-bond acceptors (Lipinski definition) is 6. The van der Waals surface area contributed by atoms with Crippen LogP contribution in [0.2, 0.25) is 0 Å². The van der Waals surface area contributed by atoms with E-state index >= 15 is 0 Å². The van der Waals surface area contributed by atoms with Crippen LogP contribution < -0.4 is 5.73 Å². The second-order valence-electron chi connectivity index (χ2n) is 2.94. The molecule has 0 aromatic carbocycles. The molecule has 1 fully saturated rings. The van der Waals surface area contributed by atoms with Crippen LogP contribution in [0.5, 0.6) is 0 Å². The second-order valence-corrected chi connectivity index (χ2v) is 5.14. The number of thioether (sulfide) groups is 1. The third-order valence-corrected chi connectivity index (χ3v) is 3.86. The van der Waals surface area contributed by atoms with Crippen LogP contribution in [0.1, 0.15) is 12.8 Å². The van der Waals surface area contributed by atoms with Crippen molar-refractivity contribution in [2.45, 2.75) is 17.2 Å². The lowest BCUT2D eigenvalue weighted by atomic mass is 10.4. The molecular weight excluding hydrogens is 220 g/mol. The van der Waals surface area contributed by atoms with Gasteiger partial charge in [-0.1, -0.05) is 23.1 Å². The van der Waals surface area contributed by atoms with Gasteiger partial charge in [-0.2, -0.15) is 0 Å². The first kappa shape index (κ1) is 9.72. The first-order chi connectivity index (χ1) is 6.75. The highest BCUT2D eigenvalue weighted by molar-refractivity contribution is 8.01. The number of hydrogen-bond donors (Lipinski definition) is 1. The van der Waals surface area contributed by atoms with Gasteiger partial charge in [0.1, 0.15) is 0 Å². The SMILES string of the molecule is Nc1nnc(SCN2CCCC2=O)s1. The smallest absolute Gasteiger partial charge is 0.223 e. The van der Waals surface area contributed by atoms with E-state index in [4.69, 9.17) is 5.73 Å². The minimum Gasteiger partial charge on any atom is -0.374 e. The predicted octanol–water partition coefficient (Wildman–Crippen LogP) is 0.792. The molecule has 1 aromatic heterocycles. The van der Waals surface area contributed by atoms with Crippen LogP contribution in [0.4, 0.5) is 5.13 Å². The molecule has 0 aliphatic carbocycles. The summed E-state index contributed by atoms with van der Waals surface area (Å²) in [6, 6.07) is 0. The Morgan fingerprint density at radius 3 is 3.00 bits per heavy atom. The number of nitrogen functional groups attached to an aromatic ring is 1. The molecule has 0 atom stereocenters. The standard InChI is InChI=1S/C7H10N4OS2/c8-6-9-10-7(14-6)13-4-11-3-1-2-5(11)12/h1-4H2,(H2,8,9). The van der Waals surface area contributed by atoms with Crippen LogP contribution >= 0.6 is 23.1 Å². The average molecular weight is 230 g/mol. The molecule has 0 bridgehead atoms. The average Bonchev–Trinajstić information content (AvgIpc) is 2.72. The van der Waals surface area contributed by atoms with Crippen molar-refractivity contribution in [2.75, 3.05) is 18.2 Å². The topological polar surface area (TPSA) is 72.1 Å². The van der Waals surface area contributed by atoms with E-state index < -0.39 is 0 Å². The van der Waals surface area contributed by atoms with Crippen molar-refractivity contribution < 1.29 is 4.79 Å². The maximum atomic E-state index is 11.3. The summed E-state index contributed by atoms with van der Waals surface area (Å²) in [5.74, 6) is 0.892. The molecule has 1 saturated heterocycles. The Bertz CT molecular complexity index is 340. The number of carbonyl (C=O) groups is 1. The lowest BCUT2D eigenvalue weighted by Gasteiger charge is -2.12. The van der Waals surface area contributed by atoms with Crippen molar-refractivity contribution in [1.82, 2.24) is 15.1 Å². The highest BCUT2D eigenvalue weighted by atomic mass is 32.2. The molecule has 1 aromatic rings.